The third-order valence-electron chi connectivity index (χ3n) is 5.26. The molecular formula is C20H38N6S. The molecule has 154 valence electrons. The van der Waals surface area contributed by atoms with Gasteiger partial charge in [-0.05, 0) is 51.2 Å². The van der Waals surface area contributed by atoms with Gasteiger partial charge in [0.15, 0.2) is 11.1 Å². The standard InChI is InChI=1S/C20H38N6S/c1-15(2)12-13-16(3)23-19(21-4)22-14-8-11-18-24-25-20(27-5)26(18)17-9-6-7-10-17/h15-17H,6-14H2,1-5H3,(H2,21,22,23). The second-order valence-corrected chi connectivity index (χ2v) is 8.80. The number of aromatic nitrogens is 3. The summed E-state index contributed by atoms with van der Waals surface area (Å²) >= 11 is 1.71. The van der Waals surface area contributed by atoms with E-state index in [1.165, 1.54) is 38.5 Å². The van der Waals surface area contributed by atoms with Gasteiger partial charge in [-0.2, -0.15) is 0 Å². The minimum atomic E-state index is 0.438. The average Bonchev–Trinajstić information content (AvgIpc) is 3.31. The van der Waals surface area contributed by atoms with Gasteiger partial charge in [-0.25, -0.2) is 0 Å². The van der Waals surface area contributed by atoms with Crippen molar-refractivity contribution in [2.24, 2.45) is 10.9 Å². The van der Waals surface area contributed by atoms with Crippen molar-refractivity contribution >= 4 is 17.7 Å². The van der Waals surface area contributed by atoms with Crippen molar-refractivity contribution in [2.45, 2.75) is 89.4 Å². The molecule has 1 heterocycles. The SMILES string of the molecule is CN=C(NCCCc1nnc(SC)n1C1CCCC1)NC(C)CCC(C)C. The summed E-state index contributed by atoms with van der Waals surface area (Å²) in [5, 5.41) is 16.9. The average molecular weight is 395 g/mol. The van der Waals surface area contributed by atoms with Crippen molar-refractivity contribution < 1.29 is 0 Å². The minimum Gasteiger partial charge on any atom is -0.356 e. The molecule has 1 unspecified atom stereocenters. The van der Waals surface area contributed by atoms with E-state index in [-0.39, 0.29) is 0 Å². The Kier molecular flexibility index (Phi) is 9.45. The second kappa shape index (κ2) is 11.6. The highest BCUT2D eigenvalue weighted by Gasteiger charge is 2.23. The first-order valence-corrected chi connectivity index (χ1v) is 11.7. The Bertz CT molecular complexity index is 577. The summed E-state index contributed by atoms with van der Waals surface area (Å²) in [4.78, 5) is 4.36. The largest absolute Gasteiger partial charge is 0.356 e. The van der Waals surface area contributed by atoms with Crippen LogP contribution in [0.1, 0.15) is 77.6 Å². The van der Waals surface area contributed by atoms with Crippen LogP contribution >= 0.6 is 11.8 Å². The van der Waals surface area contributed by atoms with Crippen LogP contribution in [0.3, 0.4) is 0 Å². The molecule has 2 rings (SSSR count). The number of rotatable bonds is 10. The highest BCUT2D eigenvalue weighted by atomic mass is 32.2. The molecule has 1 saturated carbocycles. The first-order chi connectivity index (χ1) is 13.0. The predicted molar refractivity (Wildman–Crippen MR) is 116 cm³/mol. The number of nitrogens with one attached hydrogen (secondary N) is 2. The molecule has 27 heavy (non-hydrogen) atoms. The summed E-state index contributed by atoms with van der Waals surface area (Å²) in [7, 11) is 1.84. The van der Waals surface area contributed by atoms with Gasteiger partial charge >= 0.3 is 0 Å². The number of nitrogens with zero attached hydrogens (tertiary/aromatic N) is 4. The predicted octanol–water partition coefficient (Wildman–Crippen LogP) is 4.04. The van der Waals surface area contributed by atoms with E-state index in [0.717, 1.165) is 42.2 Å². The molecule has 6 nitrogen and oxygen atoms in total. The van der Waals surface area contributed by atoms with Crippen LogP contribution in [0.4, 0.5) is 0 Å². The van der Waals surface area contributed by atoms with Crippen LogP contribution < -0.4 is 10.6 Å². The highest BCUT2D eigenvalue weighted by Crippen LogP contribution is 2.33. The van der Waals surface area contributed by atoms with E-state index in [1.807, 2.05) is 7.05 Å². The minimum absolute atomic E-state index is 0.438. The Morgan fingerprint density at radius 2 is 1.96 bits per heavy atom. The molecule has 0 bridgehead atoms. The quantitative estimate of drug-likeness (QED) is 0.271. The number of hydrogen-bond acceptors (Lipinski definition) is 4. The maximum atomic E-state index is 4.48. The zero-order chi connectivity index (χ0) is 19.6. The van der Waals surface area contributed by atoms with Gasteiger partial charge in [0.2, 0.25) is 0 Å². The molecule has 1 aliphatic carbocycles. The first-order valence-electron chi connectivity index (χ1n) is 10.5. The molecule has 2 N–H and O–H groups in total. The Morgan fingerprint density at radius 3 is 2.59 bits per heavy atom. The summed E-state index contributed by atoms with van der Waals surface area (Å²) in [5.74, 6) is 2.78. The number of thioether (sulfide) groups is 1. The van der Waals surface area contributed by atoms with Gasteiger partial charge in [-0.15, -0.1) is 10.2 Å². The van der Waals surface area contributed by atoms with Crippen LogP contribution in [0.15, 0.2) is 10.1 Å². The smallest absolute Gasteiger partial charge is 0.191 e. The third-order valence-corrected chi connectivity index (χ3v) is 5.90. The lowest BCUT2D eigenvalue weighted by atomic mass is 10.0. The van der Waals surface area contributed by atoms with Gasteiger partial charge in [-0.3, -0.25) is 4.99 Å². The Hall–Kier alpha value is -1.24. The van der Waals surface area contributed by atoms with E-state index in [9.17, 15) is 0 Å². The van der Waals surface area contributed by atoms with Crippen molar-refractivity contribution in [3.63, 3.8) is 0 Å². The first kappa shape index (κ1) is 22.1. The Morgan fingerprint density at radius 1 is 1.22 bits per heavy atom. The van der Waals surface area contributed by atoms with Crippen LogP contribution in [-0.2, 0) is 6.42 Å². The van der Waals surface area contributed by atoms with Gasteiger partial charge in [0.05, 0.1) is 0 Å². The van der Waals surface area contributed by atoms with E-state index in [1.54, 1.807) is 11.8 Å². The molecule has 0 aromatic carbocycles. The van der Waals surface area contributed by atoms with Crippen molar-refractivity contribution in [1.29, 1.82) is 0 Å². The van der Waals surface area contributed by atoms with Crippen LogP contribution in [0.5, 0.6) is 0 Å². The van der Waals surface area contributed by atoms with E-state index < -0.39 is 0 Å². The maximum Gasteiger partial charge on any atom is 0.191 e. The lowest BCUT2D eigenvalue weighted by Gasteiger charge is -2.19. The molecule has 0 aliphatic heterocycles. The fraction of sp³-hybridized carbons (Fsp3) is 0.850. The normalized spacial score (nSPS) is 16.9. The topological polar surface area (TPSA) is 67.1 Å². The maximum absolute atomic E-state index is 4.48. The summed E-state index contributed by atoms with van der Waals surface area (Å²) in [5.41, 5.74) is 0. The van der Waals surface area contributed by atoms with Gasteiger partial charge in [-0.1, -0.05) is 38.5 Å². The molecular weight excluding hydrogens is 356 g/mol. The lowest BCUT2D eigenvalue weighted by Crippen LogP contribution is -2.42. The van der Waals surface area contributed by atoms with Crippen LogP contribution in [0, 0.1) is 5.92 Å². The molecule has 1 aromatic rings. The summed E-state index contributed by atoms with van der Waals surface area (Å²) < 4.78 is 2.40. The molecule has 0 radical (unpaired) electrons. The van der Waals surface area contributed by atoms with Gasteiger partial charge in [0.1, 0.15) is 5.82 Å². The number of guanidine groups is 1. The van der Waals surface area contributed by atoms with E-state index in [0.29, 0.717) is 12.1 Å². The van der Waals surface area contributed by atoms with Crippen LogP contribution in [0.25, 0.3) is 0 Å². The molecule has 1 aliphatic rings. The van der Waals surface area contributed by atoms with E-state index in [2.05, 4.69) is 57.4 Å². The number of hydrogen-bond donors (Lipinski definition) is 2. The Balaban J connectivity index is 1.78. The van der Waals surface area contributed by atoms with Crippen LogP contribution in [-0.4, -0.2) is 46.6 Å². The number of aliphatic imine (C=N–C) groups is 1. The molecule has 0 saturated heterocycles. The fourth-order valence-electron chi connectivity index (χ4n) is 3.68. The zero-order valence-corrected chi connectivity index (χ0v) is 18.6. The number of aryl methyl sites for hydroxylation is 1. The van der Waals surface area contributed by atoms with Gasteiger partial charge in [0.25, 0.3) is 0 Å². The molecule has 1 atom stereocenters. The van der Waals surface area contributed by atoms with Crippen molar-refractivity contribution in [3.05, 3.63) is 5.82 Å². The second-order valence-electron chi connectivity index (χ2n) is 8.03. The van der Waals surface area contributed by atoms with Crippen molar-refractivity contribution in [2.75, 3.05) is 19.8 Å². The summed E-state index contributed by atoms with van der Waals surface area (Å²) in [6.45, 7) is 7.66. The third kappa shape index (κ3) is 7.01. The molecule has 7 heteroatoms. The van der Waals surface area contributed by atoms with Gasteiger partial charge < -0.3 is 15.2 Å². The van der Waals surface area contributed by atoms with Crippen LogP contribution in [0.2, 0.25) is 0 Å². The summed E-state index contributed by atoms with van der Waals surface area (Å²) in [6, 6.07) is 1.04. The molecule has 0 amide bonds. The molecule has 1 aromatic heterocycles. The van der Waals surface area contributed by atoms with E-state index >= 15 is 0 Å². The van der Waals surface area contributed by atoms with Crippen molar-refractivity contribution in [1.82, 2.24) is 25.4 Å². The molecule has 1 fully saturated rings. The Labute approximate surface area is 169 Å². The van der Waals surface area contributed by atoms with Gasteiger partial charge in [0, 0.05) is 32.1 Å². The van der Waals surface area contributed by atoms with Crippen molar-refractivity contribution in [3.8, 4) is 0 Å². The summed E-state index contributed by atoms with van der Waals surface area (Å²) in [6.07, 6.45) is 11.7. The zero-order valence-electron chi connectivity index (χ0n) is 17.8. The van der Waals surface area contributed by atoms with E-state index in [4.69, 9.17) is 0 Å². The monoisotopic (exact) mass is 394 g/mol. The molecule has 0 spiro atoms. The lowest BCUT2D eigenvalue weighted by molar-refractivity contribution is 0.460. The highest BCUT2D eigenvalue weighted by molar-refractivity contribution is 7.98. The fourth-order valence-corrected chi connectivity index (χ4v) is 4.26.